The minimum Gasteiger partial charge on any atom is -0.493 e. The summed E-state index contributed by atoms with van der Waals surface area (Å²) in [5, 5.41) is 12.3. The molecule has 0 aliphatic carbocycles. The molecule has 0 saturated carbocycles. The van der Waals surface area contributed by atoms with Crippen LogP contribution in [0, 0.1) is 28.7 Å². The van der Waals surface area contributed by atoms with Crippen molar-refractivity contribution in [1.29, 1.82) is 5.26 Å². The molecule has 0 atom stereocenters. The fourth-order valence-corrected chi connectivity index (χ4v) is 3.28. The quantitative estimate of drug-likeness (QED) is 0.367. The lowest BCUT2D eigenvalue weighted by Gasteiger charge is -2.13. The predicted octanol–water partition coefficient (Wildman–Crippen LogP) is 4.86. The Balaban J connectivity index is 2.35. The maximum absolute atomic E-state index is 12.6. The number of hydrogen-bond donors (Lipinski definition) is 1. The van der Waals surface area contributed by atoms with Gasteiger partial charge in [-0.3, -0.25) is 4.79 Å². The molecule has 140 valence electrons. The van der Waals surface area contributed by atoms with Gasteiger partial charge >= 0.3 is 0 Å². The SMILES string of the molecule is CCOc1c(I)cc(/C=C(/C#N)C(=O)Nc2cccc(C)c2C)cc1OC. The smallest absolute Gasteiger partial charge is 0.266 e. The first-order chi connectivity index (χ1) is 12.9. The lowest BCUT2D eigenvalue weighted by Crippen LogP contribution is -2.14. The van der Waals surface area contributed by atoms with Crippen LogP contribution in [0.15, 0.2) is 35.9 Å². The van der Waals surface area contributed by atoms with Gasteiger partial charge < -0.3 is 14.8 Å². The van der Waals surface area contributed by atoms with E-state index in [-0.39, 0.29) is 5.57 Å². The molecule has 0 saturated heterocycles. The second-order valence-corrected chi connectivity index (χ2v) is 7.00. The number of rotatable bonds is 6. The highest BCUT2D eigenvalue weighted by Gasteiger charge is 2.14. The summed E-state index contributed by atoms with van der Waals surface area (Å²) in [4.78, 5) is 12.6. The number of amides is 1. The molecule has 0 bridgehead atoms. The van der Waals surface area contributed by atoms with Crippen molar-refractivity contribution in [3.8, 4) is 17.6 Å². The van der Waals surface area contributed by atoms with Gasteiger partial charge in [-0.25, -0.2) is 0 Å². The molecule has 0 aliphatic heterocycles. The van der Waals surface area contributed by atoms with Gasteiger partial charge in [-0.05, 0) is 84.3 Å². The van der Waals surface area contributed by atoms with Gasteiger partial charge in [-0.15, -0.1) is 0 Å². The number of nitrogens with zero attached hydrogens (tertiary/aromatic N) is 1. The van der Waals surface area contributed by atoms with Crippen LogP contribution < -0.4 is 14.8 Å². The van der Waals surface area contributed by atoms with Crippen LogP contribution in [-0.4, -0.2) is 19.6 Å². The minimum atomic E-state index is -0.450. The number of ether oxygens (including phenoxy) is 2. The van der Waals surface area contributed by atoms with Crippen LogP contribution in [0.1, 0.15) is 23.6 Å². The normalized spacial score (nSPS) is 10.9. The summed E-state index contributed by atoms with van der Waals surface area (Å²) >= 11 is 2.14. The molecule has 0 radical (unpaired) electrons. The zero-order valence-corrected chi connectivity index (χ0v) is 17.9. The third-order valence-electron chi connectivity index (χ3n) is 4.07. The maximum Gasteiger partial charge on any atom is 0.266 e. The van der Waals surface area contributed by atoms with Crippen molar-refractivity contribution in [3.05, 3.63) is 56.2 Å². The third-order valence-corrected chi connectivity index (χ3v) is 4.87. The third kappa shape index (κ3) is 5.01. The standard InChI is InChI=1S/C21H21IN2O3/c1-5-27-20-17(22)10-15(11-19(20)26-4)9-16(12-23)21(25)24-18-8-6-7-13(2)14(18)3/h6-11H,5H2,1-4H3,(H,24,25)/b16-9-. The Hall–Kier alpha value is -2.53. The van der Waals surface area contributed by atoms with Crippen molar-refractivity contribution < 1.29 is 14.3 Å². The summed E-state index contributed by atoms with van der Waals surface area (Å²) in [5.41, 5.74) is 3.44. The van der Waals surface area contributed by atoms with Crippen LogP contribution in [0.25, 0.3) is 6.08 Å². The first kappa shape index (κ1) is 20.8. The lowest BCUT2D eigenvalue weighted by atomic mass is 10.1. The average Bonchev–Trinajstić information content (AvgIpc) is 2.65. The molecular weight excluding hydrogens is 455 g/mol. The number of nitriles is 1. The van der Waals surface area contributed by atoms with Crippen LogP contribution in [0.3, 0.4) is 0 Å². The highest BCUT2D eigenvalue weighted by molar-refractivity contribution is 14.1. The van der Waals surface area contributed by atoms with Crippen molar-refractivity contribution in [1.82, 2.24) is 0 Å². The molecule has 0 spiro atoms. The van der Waals surface area contributed by atoms with Gasteiger partial charge in [0.15, 0.2) is 11.5 Å². The number of halogens is 1. The minimum absolute atomic E-state index is 0.0120. The van der Waals surface area contributed by atoms with Crippen molar-refractivity contribution in [3.63, 3.8) is 0 Å². The molecule has 2 aromatic rings. The van der Waals surface area contributed by atoms with E-state index in [4.69, 9.17) is 9.47 Å². The summed E-state index contributed by atoms with van der Waals surface area (Å²) in [6.07, 6.45) is 1.54. The van der Waals surface area contributed by atoms with Crippen LogP contribution in [0.2, 0.25) is 0 Å². The topological polar surface area (TPSA) is 71.3 Å². The van der Waals surface area contributed by atoms with Gasteiger partial charge in [0.25, 0.3) is 5.91 Å². The number of anilines is 1. The number of aryl methyl sites for hydroxylation is 1. The molecule has 2 rings (SSSR count). The van der Waals surface area contributed by atoms with Gasteiger partial charge in [-0.1, -0.05) is 12.1 Å². The van der Waals surface area contributed by atoms with Gasteiger partial charge in [0.2, 0.25) is 0 Å². The molecule has 5 nitrogen and oxygen atoms in total. The summed E-state index contributed by atoms with van der Waals surface area (Å²) < 4.78 is 11.8. The second-order valence-electron chi connectivity index (χ2n) is 5.84. The van der Waals surface area contributed by atoms with Gasteiger partial charge in [0.05, 0.1) is 17.3 Å². The van der Waals surface area contributed by atoms with E-state index in [2.05, 4.69) is 27.9 Å². The van der Waals surface area contributed by atoms with E-state index in [0.29, 0.717) is 29.4 Å². The van der Waals surface area contributed by atoms with Gasteiger partial charge in [0.1, 0.15) is 11.6 Å². The Morgan fingerprint density at radius 3 is 2.70 bits per heavy atom. The number of benzene rings is 2. The molecule has 0 aromatic heterocycles. The Morgan fingerprint density at radius 1 is 1.33 bits per heavy atom. The van der Waals surface area contributed by atoms with E-state index in [0.717, 1.165) is 14.7 Å². The maximum atomic E-state index is 12.6. The van der Waals surface area contributed by atoms with E-state index < -0.39 is 5.91 Å². The first-order valence-corrected chi connectivity index (χ1v) is 9.48. The summed E-state index contributed by atoms with van der Waals surface area (Å²) in [6.45, 7) is 6.32. The Labute approximate surface area is 173 Å². The van der Waals surface area contributed by atoms with Crippen molar-refractivity contribution in [2.75, 3.05) is 19.0 Å². The van der Waals surface area contributed by atoms with Gasteiger partial charge in [0, 0.05) is 5.69 Å². The molecule has 6 heteroatoms. The fraction of sp³-hybridized carbons (Fsp3) is 0.238. The molecule has 1 N–H and O–H groups in total. The molecule has 0 aliphatic rings. The number of methoxy groups -OCH3 is 1. The zero-order valence-electron chi connectivity index (χ0n) is 15.7. The van der Waals surface area contributed by atoms with Crippen molar-refractivity contribution in [2.45, 2.75) is 20.8 Å². The Morgan fingerprint density at radius 2 is 2.07 bits per heavy atom. The van der Waals surface area contributed by atoms with E-state index in [9.17, 15) is 10.1 Å². The van der Waals surface area contributed by atoms with E-state index in [1.165, 1.54) is 0 Å². The average molecular weight is 476 g/mol. The molecule has 0 fully saturated rings. The Bertz CT molecular complexity index is 930. The number of carbonyl (C=O) groups excluding carboxylic acids is 1. The Kier molecular flexibility index (Phi) is 7.25. The molecule has 0 heterocycles. The van der Waals surface area contributed by atoms with Crippen LogP contribution in [0.4, 0.5) is 5.69 Å². The monoisotopic (exact) mass is 476 g/mol. The van der Waals surface area contributed by atoms with Crippen LogP contribution in [0.5, 0.6) is 11.5 Å². The summed E-state index contributed by atoms with van der Waals surface area (Å²) in [7, 11) is 1.56. The molecule has 2 aromatic carbocycles. The van der Waals surface area contributed by atoms with Gasteiger partial charge in [-0.2, -0.15) is 5.26 Å². The van der Waals surface area contributed by atoms with E-state index >= 15 is 0 Å². The molecular formula is C21H21IN2O3. The van der Waals surface area contributed by atoms with Crippen LogP contribution in [-0.2, 0) is 4.79 Å². The largest absolute Gasteiger partial charge is 0.493 e. The fourth-order valence-electron chi connectivity index (χ4n) is 2.50. The second kappa shape index (κ2) is 9.42. The number of hydrogen-bond acceptors (Lipinski definition) is 4. The zero-order chi connectivity index (χ0) is 20.0. The molecule has 0 unspecified atom stereocenters. The van der Waals surface area contributed by atoms with Crippen LogP contribution >= 0.6 is 22.6 Å². The summed E-state index contributed by atoms with van der Waals surface area (Å²) in [5.74, 6) is 0.757. The number of carbonyl (C=O) groups is 1. The highest BCUT2D eigenvalue weighted by atomic mass is 127. The highest BCUT2D eigenvalue weighted by Crippen LogP contribution is 2.34. The predicted molar refractivity (Wildman–Crippen MR) is 115 cm³/mol. The lowest BCUT2D eigenvalue weighted by molar-refractivity contribution is -0.112. The molecule has 1 amide bonds. The van der Waals surface area contributed by atoms with Crippen molar-refractivity contribution in [2.24, 2.45) is 0 Å². The van der Waals surface area contributed by atoms with E-state index in [1.54, 1.807) is 19.3 Å². The van der Waals surface area contributed by atoms with E-state index in [1.807, 2.05) is 51.1 Å². The molecule has 27 heavy (non-hydrogen) atoms. The van der Waals surface area contributed by atoms with Crippen molar-refractivity contribution >= 4 is 40.3 Å². The summed E-state index contributed by atoms with van der Waals surface area (Å²) in [6, 6.07) is 11.2. The first-order valence-electron chi connectivity index (χ1n) is 8.41. The number of nitrogens with one attached hydrogen (secondary N) is 1.